The molecule has 0 saturated heterocycles. The molecule has 1 N–H and O–H groups in total. The average molecular weight is 309 g/mol. The zero-order chi connectivity index (χ0) is 16.2. The van der Waals surface area contributed by atoms with Crippen LogP contribution in [0.15, 0.2) is 55.1 Å². The smallest absolute Gasteiger partial charge is 0.0645 e. The van der Waals surface area contributed by atoms with Crippen LogP contribution in [0.5, 0.6) is 0 Å². The maximum Gasteiger partial charge on any atom is 0.0645 e. The molecule has 2 atom stereocenters. The lowest BCUT2D eigenvalue weighted by molar-refractivity contribution is 0.365. The second-order valence-corrected chi connectivity index (χ2v) is 6.04. The summed E-state index contributed by atoms with van der Waals surface area (Å²) in [5.74, 6) is 0. The van der Waals surface area contributed by atoms with E-state index in [2.05, 4.69) is 60.8 Å². The first kappa shape index (κ1) is 15.5. The molecule has 0 aliphatic carbocycles. The SMILES string of the molecule is Cc1cnn([C@@H](C)[C@@H](C)NCc2cnn(-c3ccccc3)c2)c1. The lowest BCUT2D eigenvalue weighted by Gasteiger charge is -2.21. The van der Waals surface area contributed by atoms with Crippen molar-refractivity contribution in [1.82, 2.24) is 24.9 Å². The summed E-state index contributed by atoms with van der Waals surface area (Å²) in [6.07, 6.45) is 7.95. The van der Waals surface area contributed by atoms with E-state index < -0.39 is 0 Å². The molecule has 0 aliphatic heterocycles. The summed E-state index contributed by atoms with van der Waals surface area (Å²) in [5.41, 5.74) is 3.44. The van der Waals surface area contributed by atoms with E-state index in [-0.39, 0.29) is 0 Å². The van der Waals surface area contributed by atoms with Gasteiger partial charge < -0.3 is 5.32 Å². The zero-order valence-electron chi connectivity index (χ0n) is 13.8. The van der Waals surface area contributed by atoms with Crippen LogP contribution in [0.2, 0.25) is 0 Å². The van der Waals surface area contributed by atoms with Gasteiger partial charge in [-0.3, -0.25) is 4.68 Å². The minimum absolute atomic E-state index is 0.299. The molecule has 2 aromatic heterocycles. The quantitative estimate of drug-likeness (QED) is 0.761. The van der Waals surface area contributed by atoms with Crippen molar-refractivity contribution in [2.24, 2.45) is 0 Å². The summed E-state index contributed by atoms with van der Waals surface area (Å²) < 4.78 is 3.92. The Morgan fingerprint density at radius 2 is 1.83 bits per heavy atom. The molecule has 0 unspecified atom stereocenters. The van der Waals surface area contributed by atoms with E-state index in [0.29, 0.717) is 12.1 Å². The molecule has 0 saturated carbocycles. The van der Waals surface area contributed by atoms with Crippen molar-refractivity contribution in [2.45, 2.75) is 39.4 Å². The highest BCUT2D eigenvalue weighted by Gasteiger charge is 2.14. The number of hydrogen-bond acceptors (Lipinski definition) is 3. The molecule has 0 spiro atoms. The Morgan fingerprint density at radius 3 is 2.52 bits per heavy atom. The second-order valence-electron chi connectivity index (χ2n) is 6.04. The maximum atomic E-state index is 4.43. The Hall–Kier alpha value is -2.40. The fraction of sp³-hybridized carbons (Fsp3) is 0.333. The minimum Gasteiger partial charge on any atom is -0.308 e. The summed E-state index contributed by atoms with van der Waals surface area (Å²) >= 11 is 0. The third kappa shape index (κ3) is 3.68. The number of nitrogens with zero attached hydrogens (tertiary/aromatic N) is 4. The topological polar surface area (TPSA) is 47.7 Å². The lowest BCUT2D eigenvalue weighted by Crippen LogP contribution is -2.33. The van der Waals surface area contributed by atoms with Gasteiger partial charge in [0.25, 0.3) is 0 Å². The number of para-hydroxylation sites is 1. The molecule has 0 radical (unpaired) electrons. The molecule has 0 bridgehead atoms. The Kier molecular flexibility index (Phi) is 4.57. The number of nitrogens with one attached hydrogen (secondary N) is 1. The van der Waals surface area contributed by atoms with Crippen LogP contribution in [0, 0.1) is 6.92 Å². The van der Waals surface area contributed by atoms with E-state index in [1.807, 2.05) is 40.0 Å². The molecule has 23 heavy (non-hydrogen) atoms. The molecular formula is C18H23N5. The van der Waals surface area contributed by atoms with Crippen molar-refractivity contribution in [3.05, 3.63) is 66.2 Å². The minimum atomic E-state index is 0.299. The highest BCUT2D eigenvalue weighted by molar-refractivity contribution is 5.30. The number of hydrogen-bond donors (Lipinski definition) is 1. The van der Waals surface area contributed by atoms with Crippen molar-refractivity contribution < 1.29 is 0 Å². The van der Waals surface area contributed by atoms with E-state index in [4.69, 9.17) is 0 Å². The summed E-state index contributed by atoms with van der Waals surface area (Å²) in [6, 6.07) is 10.8. The second kappa shape index (κ2) is 6.79. The highest BCUT2D eigenvalue weighted by Crippen LogP contribution is 2.12. The Bertz CT molecular complexity index is 744. The van der Waals surface area contributed by atoms with Crippen LogP contribution in [-0.4, -0.2) is 25.6 Å². The molecule has 120 valence electrons. The molecule has 1 aromatic carbocycles. The zero-order valence-corrected chi connectivity index (χ0v) is 13.8. The van der Waals surface area contributed by atoms with Crippen molar-refractivity contribution in [3.8, 4) is 5.69 Å². The average Bonchev–Trinajstić information content (AvgIpc) is 3.22. The van der Waals surface area contributed by atoms with Crippen LogP contribution in [0.25, 0.3) is 5.69 Å². The predicted molar refractivity (Wildman–Crippen MR) is 91.5 cm³/mol. The number of benzene rings is 1. The van der Waals surface area contributed by atoms with Gasteiger partial charge >= 0.3 is 0 Å². The molecule has 0 fully saturated rings. The fourth-order valence-electron chi connectivity index (χ4n) is 2.51. The van der Waals surface area contributed by atoms with Gasteiger partial charge in [0.2, 0.25) is 0 Å². The van der Waals surface area contributed by atoms with Gasteiger partial charge in [-0.2, -0.15) is 10.2 Å². The van der Waals surface area contributed by atoms with Crippen LogP contribution in [-0.2, 0) is 6.54 Å². The Morgan fingerprint density at radius 1 is 1.04 bits per heavy atom. The molecule has 2 heterocycles. The van der Waals surface area contributed by atoms with E-state index >= 15 is 0 Å². The first-order valence-electron chi connectivity index (χ1n) is 7.96. The molecule has 3 rings (SSSR count). The molecule has 5 nitrogen and oxygen atoms in total. The molecule has 0 amide bonds. The van der Waals surface area contributed by atoms with Gasteiger partial charge in [0.05, 0.1) is 24.1 Å². The van der Waals surface area contributed by atoms with Gasteiger partial charge in [-0.15, -0.1) is 0 Å². The number of rotatable bonds is 6. The van der Waals surface area contributed by atoms with Gasteiger partial charge in [-0.25, -0.2) is 4.68 Å². The van der Waals surface area contributed by atoms with Crippen LogP contribution < -0.4 is 5.32 Å². The maximum absolute atomic E-state index is 4.43. The van der Waals surface area contributed by atoms with E-state index in [9.17, 15) is 0 Å². The van der Waals surface area contributed by atoms with Crippen molar-refractivity contribution in [1.29, 1.82) is 0 Å². The molecular weight excluding hydrogens is 286 g/mol. The summed E-state index contributed by atoms with van der Waals surface area (Å²) in [4.78, 5) is 0. The fourth-order valence-corrected chi connectivity index (χ4v) is 2.51. The predicted octanol–water partition coefficient (Wildman–Crippen LogP) is 3.12. The Balaban J connectivity index is 1.59. The lowest BCUT2D eigenvalue weighted by atomic mass is 10.1. The third-order valence-electron chi connectivity index (χ3n) is 4.16. The van der Waals surface area contributed by atoms with Gasteiger partial charge in [-0.05, 0) is 38.5 Å². The first-order chi connectivity index (χ1) is 11.1. The first-order valence-corrected chi connectivity index (χ1v) is 7.96. The van der Waals surface area contributed by atoms with Gasteiger partial charge in [-0.1, -0.05) is 18.2 Å². The van der Waals surface area contributed by atoms with Crippen molar-refractivity contribution >= 4 is 0 Å². The van der Waals surface area contributed by atoms with Crippen LogP contribution in [0.4, 0.5) is 0 Å². The highest BCUT2D eigenvalue weighted by atomic mass is 15.3. The van der Waals surface area contributed by atoms with Gasteiger partial charge in [0, 0.05) is 30.5 Å². The molecule has 0 aliphatic rings. The van der Waals surface area contributed by atoms with E-state index in [1.54, 1.807) is 0 Å². The molecule has 5 heteroatoms. The Labute approximate surface area is 136 Å². The molecule has 3 aromatic rings. The number of aromatic nitrogens is 4. The van der Waals surface area contributed by atoms with E-state index in [0.717, 1.165) is 12.2 Å². The monoisotopic (exact) mass is 309 g/mol. The van der Waals surface area contributed by atoms with Crippen LogP contribution in [0.1, 0.15) is 31.0 Å². The standard InChI is InChI=1S/C18H23N5/c1-14-9-20-22(12-14)16(3)15(2)19-10-17-11-21-23(13-17)18-7-5-4-6-8-18/h4-9,11-13,15-16,19H,10H2,1-3H3/t15-,16+/m1/s1. The van der Waals surface area contributed by atoms with Gasteiger partial charge in [0.15, 0.2) is 0 Å². The third-order valence-corrected chi connectivity index (χ3v) is 4.16. The normalized spacial score (nSPS) is 13.9. The van der Waals surface area contributed by atoms with Crippen molar-refractivity contribution in [3.63, 3.8) is 0 Å². The van der Waals surface area contributed by atoms with Crippen LogP contribution in [0.3, 0.4) is 0 Å². The summed E-state index contributed by atoms with van der Waals surface area (Å²) in [5, 5.41) is 12.4. The largest absolute Gasteiger partial charge is 0.308 e. The van der Waals surface area contributed by atoms with Gasteiger partial charge in [0.1, 0.15) is 0 Å². The summed E-state index contributed by atoms with van der Waals surface area (Å²) in [6.45, 7) is 7.21. The summed E-state index contributed by atoms with van der Waals surface area (Å²) in [7, 11) is 0. The van der Waals surface area contributed by atoms with Crippen molar-refractivity contribution in [2.75, 3.05) is 0 Å². The number of aryl methyl sites for hydroxylation is 1. The van der Waals surface area contributed by atoms with Crippen LogP contribution >= 0.6 is 0 Å². The van der Waals surface area contributed by atoms with E-state index in [1.165, 1.54) is 11.1 Å².